The number of aliphatic hydroxyl groups is 2. The monoisotopic (exact) mass is 647 g/mol. The Balaban J connectivity index is 1.13. The molecule has 2 N–H and O–H groups in total. The highest BCUT2D eigenvalue weighted by Crippen LogP contribution is 2.63. The first-order valence-corrected chi connectivity index (χ1v) is 19.3. The molecule has 4 aliphatic carbocycles. The number of hydrogen-bond acceptors (Lipinski definition) is 3. The molecule has 5 rings (SSSR count). The second-order valence-corrected chi connectivity index (χ2v) is 15.6. The quantitative estimate of drug-likeness (QED) is 0.156. The van der Waals surface area contributed by atoms with Gasteiger partial charge in [0.2, 0.25) is 5.91 Å². The number of allylic oxidation sites excluding steroid dienone is 5. The van der Waals surface area contributed by atoms with Crippen LogP contribution in [0, 0.1) is 35.0 Å². The van der Waals surface area contributed by atoms with Crippen molar-refractivity contribution in [2.45, 2.75) is 135 Å². The molecule has 1 amide bonds. The average molecular weight is 648 g/mol. The van der Waals surface area contributed by atoms with E-state index in [1.165, 1.54) is 37.7 Å². The lowest BCUT2D eigenvalue weighted by molar-refractivity contribution is -0.131. The molecule has 4 aliphatic rings. The maximum absolute atomic E-state index is 16.1. The predicted molar refractivity (Wildman–Crippen MR) is 191 cm³/mol. The van der Waals surface area contributed by atoms with Crippen molar-refractivity contribution in [3.8, 4) is 0 Å². The Hall–Kier alpha value is -2.40. The first kappa shape index (κ1) is 35.9. The van der Waals surface area contributed by atoms with E-state index in [9.17, 15) is 15.0 Å². The van der Waals surface area contributed by atoms with Gasteiger partial charge in [0.15, 0.2) is 0 Å². The summed E-state index contributed by atoms with van der Waals surface area (Å²) >= 11 is 0. The van der Waals surface area contributed by atoms with Gasteiger partial charge < -0.3 is 15.1 Å². The molecular weight excluding hydrogens is 585 g/mol. The molecule has 8 atom stereocenters. The van der Waals surface area contributed by atoms with E-state index in [4.69, 9.17) is 0 Å². The van der Waals surface area contributed by atoms with Crippen LogP contribution < -0.4 is 0 Å². The van der Waals surface area contributed by atoms with Crippen molar-refractivity contribution in [3.05, 3.63) is 71.5 Å². The highest BCUT2D eigenvalue weighted by atomic mass is 19.1. The molecule has 1 aromatic carbocycles. The van der Waals surface area contributed by atoms with Crippen LogP contribution in [0.25, 0.3) is 0 Å². The lowest BCUT2D eigenvalue weighted by Gasteiger charge is -2.55. The van der Waals surface area contributed by atoms with Crippen molar-refractivity contribution in [3.63, 3.8) is 0 Å². The lowest BCUT2D eigenvalue weighted by Crippen LogP contribution is -2.54. The highest BCUT2D eigenvalue weighted by Gasteiger charge is 2.60. The fourth-order valence-electron chi connectivity index (χ4n) is 9.78. The van der Waals surface area contributed by atoms with Crippen LogP contribution in [-0.2, 0) is 11.2 Å². The summed E-state index contributed by atoms with van der Waals surface area (Å²) in [6, 6.07) is 10.5. The normalized spacial score (nSPS) is 31.0. The number of carbonyl (C=O) groups is 1. The molecule has 0 heterocycles. The zero-order chi connectivity index (χ0) is 33.2. The number of benzene rings is 1. The third-order valence-corrected chi connectivity index (χ3v) is 12.4. The van der Waals surface area contributed by atoms with Crippen molar-refractivity contribution in [1.82, 2.24) is 4.90 Å². The Morgan fingerprint density at radius 1 is 0.936 bits per heavy atom. The number of aryl methyl sites for hydroxylation is 1. The zero-order valence-corrected chi connectivity index (χ0v) is 29.3. The number of aliphatic hydroxyl groups excluding tert-OH is 2. The van der Waals surface area contributed by atoms with E-state index < -0.39 is 12.3 Å². The van der Waals surface area contributed by atoms with Gasteiger partial charge in [-0.05, 0) is 97.8 Å². The van der Waals surface area contributed by atoms with E-state index >= 15 is 4.39 Å². The number of rotatable bonds is 18. The maximum Gasteiger partial charge on any atom is 0.222 e. The number of hydrogen-bond donors (Lipinski definition) is 2. The molecule has 4 nitrogen and oxygen atoms in total. The van der Waals surface area contributed by atoms with E-state index in [0.717, 1.165) is 82.9 Å². The third kappa shape index (κ3) is 8.99. The minimum Gasteiger partial charge on any atom is -0.508 e. The summed E-state index contributed by atoms with van der Waals surface area (Å²) < 4.78 is 16.1. The van der Waals surface area contributed by atoms with Crippen LogP contribution >= 0.6 is 0 Å². The molecule has 0 aliphatic heterocycles. The summed E-state index contributed by atoms with van der Waals surface area (Å²) in [6.45, 7) is 6.10. The number of fused-ring (bicyclic) bond motifs is 5. The summed E-state index contributed by atoms with van der Waals surface area (Å²) in [5, 5.41) is 21.2. The molecule has 260 valence electrons. The van der Waals surface area contributed by atoms with Crippen molar-refractivity contribution in [2.75, 3.05) is 13.1 Å². The molecule has 2 saturated carbocycles. The molecule has 2 fully saturated rings. The van der Waals surface area contributed by atoms with Gasteiger partial charge >= 0.3 is 0 Å². The van der Waals surface area contributed by atoms with Gasteiger partial charge in [-0.25, -0.2) is 4.39 Å². The first-order chi connectivity index (χ1) is 22.8. The topological polar surface area (TPSA) is 60.8 Å². The van der Waals surface area contributed by atoms with Crippen molar-refractivity contribution in [1.29, 1.82) is 0 Å². The molecule has 1 aromatic rings. The van der Waals surface area contributed by atoms with E-state index in [2.05, 4.69) is 49.1 Å². The fraction of sp³-hybridized carbons (Fsp3) is 0.690. The SMILES string of the molecule is CCCCCCCCN(CCCCCC[C@@H]1C=C2C=C(O)C=C[C@@H]2[C@@H]2[C@@H]1[C@@H]1CC[C@H](O)[C@@]1(C)C[C@@H]2F)C(=O)CCCc1ccccc1. The van der Waals surface area contributed by atoms with Crippen LogP contribution in [0.15, 0.2) is 66.0 Å². The third-order valence-electron chi connectivity index (χ3n) is 12.4. The van der Waals surface area contributed by atoms with Crippen LogP contribution in [-0.4, -0.2) is 46.4 Å². The van der Waals surface area contributed by atoms with Gasteiger partial charge in [-0.1, -0.05) is 108 Å². The van der Waals surface area contributed by atoms with Crippen molar-refractivity contribution >= 4 is 5.91 Å². The number of nitrogens with zero attached hydrogens (tertiary/aromatic N) is 1. The molecule has 0 aromatic heterocycles. The molecule has 0 bridgehead atoms. The number of unbranched alkanes of at least 4 members (excludes halogenated alkanes) is 8. The van der Waals surface area contributed by atoms with Crippen molar-refractivity contribution in [2.24, 2.45) is 35.0 Å². The summed E-state index contributed by atoms with van der Waals surface area (Å²) in [6.07, 6.45) is 24.0. The average Bonchev–Trinajstić information content (AvgIpc) is 3.36. The second-order valence-electron chi connectivity index (χ2n) is 15.6. The number of halogens is 1. The maximum atomic E-state index is 16.1. The molecule has 0 spiro atoms. The zero-order valence-electron chi connectivity index (χ0n) is 29.3. The molecular formula is C42H62FNO3. The highest BCUT2D eigenvalue weighted by molar-refractivity contribution is 5.76. The summed E-state index contributed by atoms with van der Waals surface area (Å²) in [5.74, 6) is 1.35. The molecule has 0 saturated heterocycles. The van der Waals surface area contributed by atoms with Gasteiger partial charge in [0.25, 0.3) is 0 Å². The minimum atomic E-state index is -0.939. The standard InChI is InChI=1S/C42H62FNO3/c1-3-4-5-6-8-14-26-44(39(47)21-16-19-31-17-11-10-12-18-31)27-15-9-7-13-20-32-28-33-29-34(45)22-23-35(33)41-37(43)30-42(2)36(40(32)41)24-25-38(42)46/h10-12,17-18,22-23,28-29,32,35-38,40-41,45-46H,3-9,13-16,19-21,24-27,30H2,1-2H3/t32-,35+,36+,37+,38+,40+,41+,42+/m1/s1. The predicted octanol–water partition coefficient (Wildman–Crippen LogP) is 10.1. The first-order valence-electron chi connectivity index (χ1n) is 19.3. The van der Waals surface area contributed by atoms with Crippen LogP contribution in [0.2, 0.25) is 0 Å². The molecule has 0 unspecified atom stereocenters. The fourth-order valence-corrected chi connectivity index (χ4v) is 9.78. The summed E-state index contributed by atoms with van der Waals surface area (Å²) in [4.78, 5) is 15.5. The molecule has 47 heavy (non-hydrogen) atoms. The van der Waals surface area contributed by atoms with Crippen LogP contribution in [0.4, 0.5) is 4.39 Å². The van der Waals surface area contributed by atoms with Gasteiger partial charge in [0.05, 0.1) is 6.10 Å². The van der Waals surface area contributed by atoms with E-state index in [-0.39, 0.29) is 34.8 Å². The Labute approximate surface area is 284 Å². The van der Waals surface area contributed by atoms with E-state index in [1.807, 2.05) is 18.2 Å². The van der Waals surface area contributed by atoms with Gasteiger partial charge in [-0.15, -0.1) is 0 Å². The van der Waals surface area contributed by atoms with E-state index in [0.29, 0.717) is 24.7 Å². The smallest absolute Gasteiger partial charge is 0.222 e. The summed E-state index contributed by atoms with van der Waals surface area (Å²) in [7, 11) is 0. The van der Waals surface area contributed by atoms with Crippen LogP contribution in [0.1, 0.15) is 122 Å². The second kappa shape index (κ2) is 17.3. The van der Waals surface area contributed by atoms with Gasteiger partial charge in [0.1, 0.15) is 11.9 Å². The van der Waals surface area contributed by atoms with Crippen LogP contribution in [0.5, 0.6) is 0 Å². The Bertz CT molecular complexity index is 1230. The molecule has 0 radical (unpaired) electrons. The van der Waals surface area contributed by atoms with Crippen LogP contribution in [0.3, 0.4) is 0 Å². The number of alkyl halides is 1. The Morgan fingerprint density at radius 2 is 1.64 bits per heavy atom. The number of carbonyl (C=O) groups excluding carboxylic acids is 1. The minimum absolute atomic E-state index is 0.0206. The van der Waals surface area contributed by atoms with Gasteiger partial charge in [-0.2, -0.15) is 0 Å². The van der Waals surface area contributed by atoms with E-state index in [1.54, 1.807) is 6.08 Å². The lowest BCUT2D eigenvalue weighted by atomic mass is 9.50. The van der Waals surface area contributed by atoms with Gasteiger partial charge in [-0.3, -0.25) is 4.79 Å². The van der Waals surface area contributed by atoms with Crippen molar-refractivity contribution < 1.29 is 19.4 Å². The Kier molecular flexibility index (Phi) is 13.2. The Morgan fingerprint density at radius 3 is 2.38 bits per heavy atom. The number of amides is 1. The van der Waals surface area contributed by atoms with Gasteiger partial charge in [0, 0.05) is 31.3 Å². The molecule has 5 heteroatoms. The summed E-state index contributed by atoms with van der Waals surface area (Å²) in [5.41, 5.74) is 2.04. The largest absolute Gasteiger partial charge is 0.508 e.